The van der Waals surface area contributed by atoms with Gasteiger partial charge in [-0.2, -0.15) is 0 Å². The van der Waals surface area contributed by atoms with Crippen LogP contribution in [0.3, 0.4) is 0 Å². The van der Waals surface area contributed by atoms with Crippen LogP contribution in [0.25, 0.3) is 0 Å². The van der Waals surface area contributed by atoms with Gasteiger partial charge in [0, 0.05) is 29.7 Å². The molecule has 5 heteroatoms. The van der Waals surface area contributed by atoms with Crippen LogP contribution in [-0.2, 0) is 11.2 Å². The van der Waals surface area contributed by atoms with Gasteiger partial charge in [0.15, 0.2) is 6.10 Å². The molecule has 1 atom stereocenters. The average molecular weight is 317 g/mol. The van der Waals surface area contributed by atoms with Gasteiger partial charge in [-0.1, -0.05) is 29.8 Å². The lowest BCUT2D eigenvalue weighted by atomic mass is 10.0. The standard InChI is InChI=1S/C17H17ClN2O2/c1-2-20-14-8-7-12(19)10-15(14)22-16(17(20)21)9-11-5-3-4-6-13(11)18/h3-8,10,16H,2,9,19H2,1H3. The highest BCUT2D eigenvalue weighted by Crippen LogP contribution is 2.36. The fraction of sp³-hybridized carbons (Fsp3) is 0.235. The van der Waals surface area contributed by atoms with Crippen molar-refractivity contribution in [1.82, 2.24) is 0 Å². The maximum atomic E-state index is 12.6. The van der Waals surface area contributed by atoms with Crippen molar-refractivity contribution in [3.8, 4) is 5.75 Å². The monoisotopic (exact) mass is 316 g/mol. The zero-order valence-corrected chi connectivity index (χ0v) is 13.0. The van der Waals surface area contributed by atoms with E-state index >= 15 is 0 Å². The number of fused-ring (bicyclic) bond motifs is 1. The number of halogens is 1. The fourth-order valence-electron chi connectivity index (χ4n) is 2.66. The molecular formula is C17H17ClN2O2. The van der Waals surface area contributed by atoms with Gasteiger partial charge in [-0.15, -0.1) is 0 Å². The fourth-order valence-corrected chi connectivity index (χ4v) is 2.88. The van der Waals surface area contributed by atoms with Gasteiger partial charge in [0.25, 0.3) is 5.91 Å². The number of benzene rings is 2. The first kappa shape index (κ1) is 14.7. The lowest BCUT2D eigenvalue weighted by Crippen LogP contribution is -2.46. The van der Waals surface area contributed by atoms with Gasteiger partial charge >= 0.3 is 0 Å². The predicted octanol–water partition coefficient (Wildman–Crippen LogP) is 3.28. The van der Waals surface area contributed by atoms with Gasteiger partial charge in [0.05, 0.1) is 5.69 Å². The second-order valence-corrected chi connectivity index (χ2v) is 5.62. The Labute approximate surface area is 134 Å². The average Bonchev–Trinajstić information content (AvgIpc) is 2.50. The van der Waals surface area contributed by atoms with Crippen LogP contribution in [-0.4, -0.2) is 18.6 Å². The minimum Gasteiger partial charge on any atom is -0.478 e. The predicted molar refractivity (Wildman–Crippen MR) is 88.5 cm³/mol. The molecule has 0 aliphatic carbocycles. The Morgan fingerprint density at radius 3 is 2.77 bits per heavy atom. The molecule has 0 fully saturated rings. The van der Waals surface area contributed by atoms with Crippen molar-refractivity contribution >= 4 is 28.9 Å². The number of hydrogen-bond acceptors (Lipinski definition) is 3. The van der Waals surface area contributed by atoms with Crippen LogP contribution < -0.4 is 15.4 Å². The molecule has 0 spiro atoms. The van der Waals surface area contributed by atoms with Crippen LogP contribution in [0.5, 0.6) is 5.75 Å². The lowest BCUT2D eigenvalue weighted by molar-refractivity contribution is -0.126. The Bertz CT molecular complexity index is 718. The highest BCUT2D eigenvalue weighted by Gasteiger charge is 2.34. The summed E-state index contributed by atoms with van der Waals surface area (Å²) in [5.74, 6) is 0.582. The van der Waals surface area contributed by atoms with Crippen molar-refractivity contribution in [2.45, 2.75) is 19.4 Å². The molecule has 0 saturated heterocycles. The van der Waals surface area contributed by atoms with E-state index in [9.17, 15) is 4.79 Å². The number of rotatable bonds is 3. The highest BCUT2D eigenvalue weighted by molar-refractivity contribution is 6.31. The smallest absolute Gasteiger partial charge is 0.268 e. The molecule has 22 heavy (non-hydrogen) atoms. The number of carbonyl (C=O) groups excluding carboxylic acids is 1. The SMILES string of the molecule is CCN1C(=O)C(Cc2ccccc2Cl)Oc2cc(N)ccc21. The summed E-state index contributed by atoms with van der Waals surface area (Å²) >= 11 is 6.19. The first-order valence-corrected chi connectivity index (χ1v) is 7.59. The summed E-state index contributed by atoms with van der Waals surface area (Å²) in [6.45, 7) is 2.52. The number of nitrogen functional groups attached to an aromatic ring is 1. The quantitative estimate of drug-likeness (QED) is 0.884. The van der Waals surface area contributed by atoms with E-state index < -0.39 is 6.10 Å². The van der Waals surface area contributed by atoms with Crippen LogP contribution in [0.1, 0.15) is 12.5 Å². The molecule has 0 saturated carbocycles. The van der Waals surface area contributed by atoms with Crippen LogP contribution in [0.15, 0.2) is 42.5 Å². The number of carbonyl (C=O) groups is 1. The third-order valence-electron chi connectivity index (χ3n) is 3.76. The molecule has 1 heterocycles. The minimum absolute atomic E-state index is 0.0558. The summed E-state index contributed by atoms with van der Waals surface area (Å²) in [6.07, 6.45) is -0.155. The zero-order valence-electron chi connectivity index (χ0n) is 12.3. The first-order chi connectivity index (χ1) is 10.6. The Hall–Kier alpha value is -2.20. The molecule has 1 aliphatic heterocycles. The largest absolute Gasteiger partial charge is 0.478 e. The molecule has 0 radical (unpaired) electrons. The van der Waals surface area contributed by atoms with Crippen molar-refractivity contribution in [2.24, 2.45) is 0 Å². The van der Waals surface area contributed by atoms with Crippen LogP contribution in [0.2, 0.25) is 5.02 Å². The topological polar surface area (TPSA) is 55.6 Å². The second-order valence-electron chi connectivity index (χ2n) is 5.21. The number of nitrogens with zero attached hydrogens (tertiary/aromatic N) is 1. The summed E-state index contributed by atoms with van der Waals surface area (Å²) in [6, 6.07) is 12.8. The molecule has 1 unspecified atom stereocenters. The van der Waals surface area contributed by atoms with Gasteiger partial charge in [-0.05, 0) is 30.7 Å². The lowest BCUT2D eigenvalue weighted by Gasteiger charge is -2.34. The maximum Gasteiger partial charge on any atom is 0.268 e. The number of ether oxygens (including phenoxy) is 1. The Kier molecular flexibility index (Phi) is 3.94. The van der Waals surface area contributed by atoms with E-state index in [1.165, 1.54) is 0 Å². The molecule has 3 rings (SSSR count). The third kappa shape index (κ3) is 2.62. The van der Waals surface area contributed by atoms with E-state index in [4.69, 9.17) is 22.1 Å². The van der Waals surface area contributed by atoms with Gasteiger partial charge in [0.1, 0.15) is 5.75 Å². The number of anilines is 2. The van der Waals surface area contributed by atoms with Crippen molar-refractivity contribution in [3.63, 3.8) is 0 Å². The summed E-state index contributed by atoms with van der Waals surface area (Å²) in [5.41, 5.74) is 8.09. The van der Waals surface area contributed by atoms with Gasteiger partial charge in [-0.25, -0.2) is 0 Å². The van der Waals surface area contributed by atoms with Crippen LogP contribution in [0, 0.1) is 0 Å². The Balaban J connectivity index is 1.94. The number of hydrogen-bond donors (Lipinski definition) is 1. The molecule has 114 valence electrons. The normalized spacial score (nSPS) is 17.1. The van der Waals surface area contributed by atoms with Crippen molar-refractivity contribution in [3.05, 3.63) is 53.1 Å². The van der Waals surface area contributed by atoms with E-state index in [0.29, 0.717) is 29.4 Å². The number of amides is 1. The van der Waals surface area contributed by atoms with Gasteiger partial charge in [-0.3, -0.25) is 4.79 Å². The highest BCUT2D eigenvalue weighted by atomic mass is 35.5. The third-order valence-corrected chi connectivity index (χ3v) is 4.13. The van der Waals surface area contributed by atoms with E-state index in [1.54, 1.807) is 17.0 Å². The summed E-state index contributed by atoms with van der Waals surface area (Å²) < 4.78 is 5.89. The molecule has 0 bridgehead atoms. The molecule has 2 N–H and O–H groups in total. The van der Waals surface area contributed by atoms with E-state index in [1.807, 2.05) is 37.3 Å². The molecule has 1 amide bonds. The number of likely N-dealkylation sites (N-methyl/N-ethyl adjacent to an activating group) is 1. The Morgan fingerprint density at radius 2 is 2.05 bits per heavy atom. The Morgan fingerprint density at radius 1 is 1.27 bits per heavy atom. The van der Waals surface area contributed by atoms with Crippen LogP contribution in [0.4, 0.5) is 11.4 Å². The molecule has 1 aliphatic rings. The molecule has 2 aromatic carbocycles. The molecule has 0 aromatic heterocycles. The van der Waals surface area contributed by atoms with E-state index in [-0.39, 0.29) is 5.91 Å². The first-order valence-electron chi connectivity index (χ1n) is 7.21. The second kappa shape index (κ2) is 5.89. The summed E-state index contributed by atoms with van der Waals surface area (Å²) in [5, 5.41) is 0.639. The van der Waals surface area contributed by atoms with Crippen LogP contribution >= 0.6 is 11.6 Å². The van der Waals surface area contributed by atoms with E-state index in [2.05, 4.69) is 0 Å². The van der Waals surface area contributed by atoms with Crippen molar-refractivity contribution < 1.29 is 9.53 Å². The summed E-state index contributed by atoms with van der Waals surface area (Å²) in [7, 11) is 0. The molecule has 4 nitrogen and oxygen atoms in total. The molecular weight excluding hydrogens is 300 g/mol. The minimum atomic E-state index is -0.589. The van der Waals surface area contributed by atoms with Crippen molar-refractivity contribution in [1.29, 1.82) is 0 Å². The van der Waals surface area contributed by atoms with E-state index in [0.717, 1.165) is 11.3 Å². The summed E-state index contributed by atoms with van der Waals surface area (Å²) in [4.78, 5) is 14.4. The zero-order chi connectivity index (χ0) is 15.7. The number of nitrogens with two attached hydrogens (primary N) is 1. The van der Waals surface area contributed by atoms with Crippen molar-refractivity contribution in [2.75, 3.05) is 17.2 Å². The molecule has 2 aromatic rings. The van der Waals surface area contributed by atoms with Gasteiger partial charge in [0.2, 0.25) is 0 Å². The van der Waals surface area contributed by atoms with Gasteiger partial charge < -0.3 is 15.4 Å². The maximum absolute atomic E-state index is 12.6.